The summed E-state index contributed by atoms with van der Waals surface area (Å²) >= 11 is 3.13. The Kier molecular flexibility index (Phi) is 4.55. The van der Waals surface area contributed by atoms with Crippen molar-refractivity contribution < 1.29 is 14.3 Å². The number of carboxylic acid groups (broad SMARTS) is 1. The van der Waals surface area contributed by atoms with Crippen molar-refractivity contribution in [3.63, 3.8) is 0 Å². The minimum atomic E-state index is -1.24. The molecule has 0 fully saturated rings. The Bertz CT molecular complexity index is 598. The summed E-state index contributed by atoms with van der Waals surface area (Å²) in [5.41, 5.74) is 2.57. The lowest BCUT2D eigenvalue weighted by molar-refractivity contribution is 0.0691. The Morgan fingerprint density at radius 1 is 1.53 bits per heavy atom. The molecule has 6 heteroatoms. The van der Waals surface area contributed by atoms with Crippen molar-refractivity contribution in [2.24, 2.45) is 0 Å². The highest BCUT2D eigenvalue weighted by atomic mass is 32.2. The first kappa shape index (κ1) is 14.0. The smallest absolute Gasteiger partial charge is 0.338 e. The fraction of sp³-hybridized carbons (Fsp3) is 0.231. The minimum absolute atomic E-state index is 0.279. The monoisotopic (exact) mass is 297 g/mol. The van der Waals surface area contributed by atoms with Crippen molar-refractivity contribution in [3.8, 4) is 0 Å². The average molecular weight is 297 g/mol. The number of halogens is 1. The molecule has 0 unspecified atom stereocenters. The molecule has 0 saturated carbocycles. The Balaban J connectivity index is 1.98. The zero-order valence-corrected chi connectivity index (χ0v) is 11.9. The molecular formula is C13H12FNO2S2. The van der Waals surface area contributed by atoms with Gasteiger partial charge in [-0.3, -0.25) is 0 Å². The first-order valence-corrected chi connectivity index (χ1v) is 7.49. The van der Waals surface area contributed by atoms with Crippen molar-refractivity contribution in [1.82, 2.24) is 4.98 Å². The lowest BCUT2D eigenvalue weighted by Crippen LogP contribution is -2.00. The van der Waals surface area contributed by atoms with E-state index in [1.807, 2.05) is 12.4 Å². The van der Waals surface area contributed by atoms with Gasteiger partial charge in [0.05, 0.1) is 16.8 Å². The van der Waals surface area contributed by atoms with Gasteiger partial charge in [-0.2, -0.15) is 0 Å². The zero-order chi connectivity index (χ0) is 13.8. The molecule has 2 rings (SSSR count). The van der Waals surface area contributed by atoms with E-state index in [-0.39, 0.29) is 5.56 Å². The van der Waals surface area contributed by atoms with Crippen LogP contribution in [0.2, 0.25) is 0 Å². The number of aryl methyl sites for hydroxylation is 2. The van der Waals surface area contributed by atoms with Crippen LogP contribution in [0.25, 0.3) is 0 Å². The third kappa shape index (κ3) is 3.54. The maximum Gasteiger partial charge on any atom is 0.338 e. The van der Waals surface area contributed by atoms with Crippen LogP contribution >= 0.6 is 23.1 Å². The van der Waals surface area contributed by atoms with Crippen molar-refractivity contribution in [2.45, 2.75) is 18.2 Å². The predicted octanol–water partition coefficient (Wildman–Crippen LogP) is 3.62. The van der Waals surface area contributed by atoms with Gasteiger partial charge in [-0.15, -0.1) is 23.1 Å². The highest BCUT2D eigenvalue weighted by molar-refractivity contribution is 7.99. The number of nitrogens with zero attached hydrogens (tertiary/aromatic N) is 1. The highest BCUT2D eigenvalue weighted by Crippen LogP contribution is 2.23. The number of rotatable bonds is 5. The van der Waals surface area contributed by atoms with Gasteiger partial charge in [-0.05, 0) is 31.5 Å². The van der Waals surface area contributed by atoms with Crippen molar-refractivity contribution in [3.05, 3.63) is 45.7 Å². The van der Waals surface area contributed by atoms with Crippen LogP contribution < -0.4 is 0 Å². The first-order chi connectivity index (χ1) is 9.08. The Morgan fingerprint density at radius 2 is 2.32 bits per heavy atom. The molecule has 1 aromatic heterocycles. The summed E-state index contributed by atoms with van der Waals surface area (Å²) in [5, 5.41) is 8.85. The van der Waals surface area contributed by atoms with Gasteiger partial charge in [0.2, 0.25) is 0 Å². The number of aromatic nitrogens is 1. The number of thiazole rings is 1. The number of carbonyl (C=O) groups is 1. The number of aromatic carboxylic acids is 1. The van der Waals surface area contributed by atoms with Crippen molar-refractivity contribution >= 4 is 29.1 Å². The summed E-state index contributed by atoms with van der Waals surface area (Å²) in [6, 6.07) is 4.18. The standard InChI is InChI=1S/C13H12FNO2S2/c1-8-12(19-7-15-8)4-5-18-9-2-3-11(14)10(6-9)13(16)17/h2-3,6-7H,4-5H2,1H3,(H,16,17). The van der Waals surface area contributed by atoms with E-state index >= 15 is 0 Å². The molecule has 0 radical (unpaired) electrons. The second-order valence-electron chi connectivity index (χ2n) is 3.91. The minimum Gasteiger partial charge on any atom is -0.478 e. The number of thioether (sulfide) groups is 1. The SMILES string of the molecule is Cc1ncsc1CCSc1ccc(F)c(C(=O)O)c1. The van der Waals surface area contributed by atoms with Crippen LogP contribution in [0.5, 0.6) is 0 Å². The number of carboxylic acids is 1. The van der Waals surface area contributed by atoms with Gasteiger partial charge in [0.25, 0.3) is 0 Å². The normalized spacial score (nSPS) is 10.6. The summed E-state index contributed by atoms with van der Waals surface area (Å²) in [4.78, 5) is 17.0. The van der Waals surface area contributed by atoms with Crippen LogP contribution in [0.1, 0.15) is 20.9 Å². The van der Waals surface area contributed by atoms with Gasteiger partial charge < -0.3 is 5.11 Å². The molecule has 0 bridgehead atoms. The number of hydrogen-bond acceptors (Lipinski definition) is 4. The van der Waals surface area contributed by atoms with Gasteiger partial charge in [0.1, 0.15) is 5.82 Å². The Morgan fingerprint density at radius 3 is 2.95 bits per heavy atom. The second kappa shape index (κ2) is 6.16. The van der Waals surface area contributed by atoms with Crippen LogP contribution in [0.4, 0.5) is 4.39 Å². The lowest BCUT2D eigenvalue weighted by Gasteiger charge is -2.03. The molecule has 2 aromatic rings. The quantitative estimate of drug-likeness (QED) is 0.856. The van der Waals surface area contributed by atoms with Gasteiger partial charge in [0.15, 0.2) is 0 Å². The molecule has 0 saturated heterocycles. The molecule has 0 amide bonds. The summed E-state index contributed by atoms with van der Waals surface area (Å²) < 4.78 is 13.2. The first-order valence-electron chi connectivity index (χ1n) is 5.62. The highest BCUT2D eigenvalue weighted by Gasteiger charge is 2.11. The van der Waals surface area contributed by atoms with E-state index in [1.54, 1.807) is 17.4 Å². The van der Waals surface area contributed by atoms with E-state index in [9.17, 15) is 9.18 Å². The fourth-order valence-electron chi connectivity index (χ4n) is 1.59. The summed E-state index contributed by atoms with van der Waals surface area (Å²) in [6.07, 6.45) is 0.876. The molecule has 19 heavy (non-hydrogen) atoms. The molecule has 100 valence electrons. The predicted molar refractivity (Wildman–Crippen MR) is 74.6 cm³/mol. The molecule has 0 atom stereocenters. The van der Waals surface area contributed by atoms with E-state index in [1.165, 1.54) is 28.8 Å². The molecule has 1 heterocycles. The van der Waals surface area contributed by atoms with Crippen LogP contribution in [0.3, 0.4) is 0 Å². The molecular weight excluding hydrogens is 285 g/mol. The molecule has 0 spiro atoms. The second-order valence-corrected chi connectivity index (χ2v) is 6.01. The maximum absolute atomic E-state index is 13.2. The molecule has 0 aliphatic carbocycles. The van der Waals surface area contributed by atoms with Crippen LogP contribution in [-0.2, 0) is 6.42 Å². The van der Waals surface area contributed by atoms with Crippen LogP contribution in [-0.4, -0.2) is 21.8 Å². The zero-order valence-electron chi connectivity index (χ0n) is 10.2. The van der Waals surface area contributed by atoms with Gasteiger partial charge >= 0.3 is 5.97 Å². The number of benzene rings is 1. The van der Waals surface area contributed by atoms with Crippen LogP contribution in [0.15, 0.2) is 28.6 Å². The Hall–Kier alpha value is -1.40. The van der Waals surface area contributed by atoms with Crippen molar-refractivity contribution in [2.75, 3.05) is 5.75 Å². The summed E-state index contributed by atoms with van der Waals surface area (Å²) in [5.74, 6) is -1.12. The summed E-state index contributed by atoms with van der Waals surface area (Å²) in [7, 11) is 0. The Labute approximate surface area is 118 Å². The van der Waals surface area contributed by atoms with Gasteiger partial charge in [0, 0.05) is 15.5 Å². The van der Waals surface area contributed by atoms with Gasteiger partial charge in [-0.1, -0.05) is 0 Å². The fourth-order valence-corrected chi connectivity index (χ4v) is 3.40. The van der Waals surface area contributed by atoms with E-state index < -0.39 is 11.8 Å². The number of hydrogen-bond donors (Lipinski definition) is 1. The third-order valence-electron chi connectivity index (χ3n) is 2.61. The van der Waals surface area contributed by atoms with Gasteiger partial charge in [-0.25, -0.2) is 14.2 Å². The molecule has 3 nitrogen and oxygen atoms in total. The molecule has 1 N–H and O–H groups in total. The van der Waals surface area contributed by atoms with E-state index in [0.717, 1.165) is 22.8 Å². The van der Waals surface area contributed by atoms with Crippen LogP contribution in [0, 0.1) is 12.7 Å². The molecule has 0 aliphatic heterocycles. The largest absolute Gasteiger partial charge is 0.478 e. The topological polar surface area (TPSA) is 50.2 Å². The van der Waals surface area contributed by atoms with E-state index in [4.69, 9.17) is 5.11 Å². The molecule has 1 aromatic carbocycles. The van der Waals surface area contributed by atoms with E-state index in [0.29, 0.717) is 0 Å². The van der Waals surface area contributed by atoms with E-state index in [2.05, 4.69) is 4.98 Å². The summed E-state index contributed by atoms with van der Waals surface area (Å²) in [6.45, 7) is 1.97. The maximum atomic E-state index is 13.2. The average Bonchev–Trinajstić information content (AvgIpc) is 2.77. The van der Waals surface area contributed by atoms with Crippen molar-refractivity contribution in [1.29, 1.82) is 0 Å². The lowest BCUT2D eigenvalue weighted by atomic mass is 10.2. The third-order valence-corrected chi connectivity index (χ3v) is 4.60. The molecule has 0 aliphatic rings.